The van der Waals surface area contributed by atoms with Crippen molar-refractivity contribution in [1.82, 2.24) is 0 Å². The molecule has 0 aromatic heterocycles. The smallest absolute Gasteiger partial charge is 0.309 e. The van der Waals surface area contributed by atoms with Crippen molar-refractivity contribution in [2.45, 2.75) is 32.3 Å². The van der Waals surface area contributed by atoms with Gasteiger partial charge in [-0.1, -0.05) is 35.0 Å². The van der Waals surface area contributed by atoms with Gasteiger partial charge in [-0.3, -0.25) is 4.79 Å². The fourth-order valence-electron chi connectivity index (χ4n) is 1.64. The Morgan fingerprint density at radius 3 is 2.41 bits per heavy atom. The Bertz CT molecular complexity index is 375. The summed E-state index contributed by atoms with van der Waals surface area (Å²) in [7, 11) is 0. The van der Waals surface area contributed by atoms with E-state index in [0.717, 1.165) is 10.0 Å². The van der Waals surface area contributed by atoms with Crippen molar-refractivity contribution in [3.63, 3.8) is 0 Å². The zero-order valence-electron chi connectivity index (χ0n) is 10.1. The summed E-state index contributed by atoms with van der Waals surface area (Å²) in [6.45, 7) is 3.93. The molecule has 0 aliphatic heterocycles. The topological polar surface area (TPSA) is 46.5 Å². The van der Waals surface area contributed by atoms with Crippen LogP contribution in [0.5, 0.6) is 0 Å². The van der Waals surface area contributed by atoms with E-state index in [9.17, 15) is 9.90 Å². The molecule has 1 rings (SSSR count). The van der Waals surface area contributed by atoms with E-state index in [-0.39, 0.29) is 12.4 Å². The third kappa shape index (κ3) is 3.82. The van der Waals surface area contributed by atoms with Gasteiger partial charge >= 0.3 is 5.97 Å². The Morgan fingerprint density at radius 1 is 1.35 bits per heavy atom. The number of halogens is 1. The van der Waals surface area contributed by atoms with Gasteiger partial charge in [0.25, 0.3) is 0 Å². The quantitative estimate of drug-likeness (QED) is 0.850. The van der Waals surface area contributed by atoms with Gasteiger partial charge in [0.05, 0.1) is 18.6 Å². The SMILES string of the molecule is CCOC(=O)CC(O)(CC)c1ccc(Br)cc1. The Hall–Kier alpha value is -0.870. The number of ether oxygens (including phenoxy) is 1. The van der Waals surface area contributed by atoms with Gasteiger partial charge in [-0.05, 0) is 31.0 Å². The molecule has 1 aromatic rings. The van der Waals surface area contributed by atoms with E-state index in [1.165, 1.54) is 0 Å². The van der Waals surface area contributed by atoms with Gasteiger partial charge in [0.2, 0.25) is 0 Å². The van der Waals surface area contributed by atoms with Crippen molar-refractivity contribution >= 4 is 21.9 Å². The van der Waals surface area contributed by atoms with E-state index < -0.39 is 5.60 Å². The van der Waals surface area contributed by atoms with Gasteiger partial charge in [0, 0.05) is 4.47 Å². The van der Waals surface area contributed by atoms with E-state index in [2.05, 4.69) is 15.9 Å². The largest absolute Gasteiger partial charge is 0.466 e. The van der Waals surface area contributed by atoms with Gasteiger partial charge in [0.1, 0.15) is 0 Å². The number of benzene rings is 1. The zero-order valence-corrected chi connectivity index (χ0v) is 11.7. The van der Waals surface area contributed by atoms with E-state index in [1.807, 2.05) is 31.2 Å². The summed E-state index contributed by atoms with van der Waals surface area (Å²) in [4.78, 5) is 11.5. The maximum Gasteiger partial charge on any atom is 0.309 e. The number of hydrogen-bond donors (Lipinski definition) is 1. The number of carbonyl (C=O) groups excluding carboxylic acids is 1. The fourth-order valence-corrected chi connectivity index (χ4v) is 1.91. The lowest BCUT2D eigenvalue weighted by molar-refractivity contribution is -0.149. The van der Waals surface area contributed by atoms with Crippen molar-refractivity contribution in [1.29, 1.82) is 0 Å². The molecular formula is C13H17BrO3. The minimum Gasteiger partial charge on any atom is -0.466 e. The molecule has 0 spiro atoms. The molecule has 0 saturated heterocycles. The predicted molar refractivity (Wildman–Crippen MR) is 69.6 cm³/mol. The van der Waals surface area contributed by atoms with Crippen LogP contribution >= 0.6 is 15.9 Å². The minimum absolute atomic E-state index is 0.0149. The highest BCUT2D eigenvalue weighted by Gasteiger charge is 2.30. The van der Waals surface area contributed by atoms with Crippen LogP contribution in [-0.2, 0) is 15.1 Å². The molecule has 3 nitrogen and oxygen atoms in total. The van der Waals surface area contributed by atoms with Crippen LogP contribution in [0.1, 0.15) is 32.3 Å². The molecule has 0 bridgehead atoms. The van der Waals surface area contributed by atoms with Crippen LogP contribution in [0.2, 0.25) is 0 Å². The summed E-state index contributed by atoms with van der Waals surface area (Å²) in [5, 5.41) is 10.5. The number of hydrogen-bond acceptors (Lipinski definition) is 3. The van der Waals surface area contributed by atoms with Crippen molar-refractivity contribution in [3.8, 4) is 0 Å². The lowest BCUT2D eigenvalue weighted by Crippen LogP contribution is -2.29. The zero-order chi connectivity index (χ0) is 12.9. The number of carbonyl (C=O) groups is 1. The first-order valence-electron chi connectivity index (χ1n) is 5.66. The average molecular weight is 301 g/mol. The highest BCUT2D eigenvalue weighted by Crippen LogP contribution is 2.30. The summed E-state index contributed by atoms with van der Waals surface area (Å²) in [5.74, 6) is -0.375. The molecule has 0 aliphatic carbocycles. The van der Waals surface area contributed by atoms with Crippen LogP contribution in [-0.4, -0.2) is 17.7 Å². The highest BCUT2D eigenvalue weighted by molar-refractivity contribution is 9.10. The Kier molecular flexibility index (Phi) is 5.15. The Labute approximate surface area is 110 Å². The lowest BCUT2D eigenvalue weighted by atomic mass is 9.88. The van der Waals surface area contributed by atoms with Gasteiger partial charge in [-0.2, -0.15) is 0 Å². The summed E-state index contributed by atoms with van der Waals surface area (Å²) in [6.07, 6.45) is 0.451. The van der Waals surface area contributed by atoms with Crippen LogP contribution in [0.3, 0.4) is 0 Å². The lowest BCUT2D eigenvalue weighted by Gasteiger charge is -2.26. The Balaban J connectivity index is 2.87. The highest BCUT2D eigenvalue weighted by atomic mass is 79.9. The molecule has 0 saturated carbocycles. The maximum absolute atomic E-state index is 11.5. The van der Waals surface area contributed by atoms with E-state index in [4.69, 9.17) is 4.74 Å². The molecule has 4 heteroatoms. The first kappa shape index (κ1) is 14.2. The molecule has 0 heterocycles. The molecule has 0 aliphatic rings. The summed E-state index contributed by atoms with van der Waals surface area (Å²) in [5.41, 5.74) is -0.413. The van der Waals surface area contributed by atoms with Crippen LogP contribution in [0.15, 0.2) is 28.7 Å². The van der Waals surface area contributed by atoms with E-state index >= 15 is 0 Å². The molecule has 1 atom stereocenters. The van der Waals surface area contributed by atoms with Gasteiger partial charge in [0.15, 0.2) is 0 Å². The number of esters is 1. The summed E-state index contributed by atoms with van der Waals surface area (Å²) >= 11 is 3.34. The number of aliphatic hydroxyl groups is 1. The fraction of sp³-hybridized carbons (Fsp3) is 0.462. The molecule has 0 amide bonds. The van der Waals surface area contributed by atoms with Gasteiger partial charge in [-0.25, -0.2) is 0 Å². The molecule has 1 N–H and O–H groups in total. The Morgan fingerprint density at radius 2 is 1.94 bits per heavy atom. The monoisotopic (exact) mass is 300 g/mol. The standard InChI is InChI=1S/C13H17BrO3/c1-3-13(16,9-12(15)17-4-2)10-5-7-11(14)8-6-10/h5-8,16H,3-4,9H2,1-2H3. The third-order valence-corrected chi connectivity index (χ3v) is 3.24. The van der Waals surface area contributed by atoms with Crippen molar-refractivity contribution in [2.24, 2.45) is 0 Å². The van der Waals surface area contributed by atoms with Crippen molar-refractivity contribution in [3.05, 3.63) is 34.3 Å². The van der Waals surface area contributed by atoms with E-state index in [0.29, 0.717) is 13.0 Å². The number of rotatable bonds is 5. The van der Waals surface area contributed by atoms with E-state index in [1.54, 1.807) is 6.92 Å². The van der Waals surface area contributed by atoms with Gasteiger partial charge in [-0.15, -0.1) is 0 Å². The second kappa shape index (κ2) is 6.17. The molecule has 1 unspecified atom stereocenters. The summed E-state index contributed by atoms with van der Waals surface area (Å²) in [6, 6.07) is 7.32. The average Bonchev–Trinajstić information content (AvgIpc) is 2.30. The molecule has 17 heavy (non-hydrogen) atoms. The summed E-state index contributed by atoms with van der Waals surface area (Å²) < 4.78 is 5.82. The molecule has 1 aromatic carbocycles. The maximum atomic E-state index is 11.5. The van der Waals surface area contributed by atoms with Crippen LogP contribution in [0.25, 0.3) is 0 Å². The normalized spacial score (nSPS) is 14.1. The molecule has 94 valence electrons. The van der Waals surface area contributed by atoms with Crippen molar-refractivity contribution < 1.29 is 14.6 Å². The minimum atomic E-state index is -1.15. The predicted octanol–water partition coefficient (Wildman–Crippen LogP) is 3.00. The van der Waals surface area contributed by atoms with Crippen LogP contribution < -0.4 is 0 Å². The molecule has 0 radical (unpaired) electrons. The first-order valence-corrected chi connectivity index (χ1v) is 6.45. The van der Waals surface area contributed by atoms with Crippen LogP contribution in [0, 0.1) is 0 Å². The molecular weight excluding hydrogens is 284 g/mol. The third-order valence-electron chi connectivity index (χ3n) is 2.71. The van der Waals surface area contributed by atoms with Crippen molar-refractivity contribution in [2.75, 3.05) is 6.61 Å². The van der Waals surface area contributed by atoms with Gasteiger partial charge < -0.3 is 9.84 Å². The molecule has 0 fully saturated rings. The second-order valence-corrected chi connectivity index (χ2v) is 4.79. The first-order chi connectivity index (χ1) is 8.01. The second-order valence-electron chi connectivity index (χ2n) is 3.87. The van der Waals surface area contributed by atoms with Crippen LogP contribution in [0.4, 0.5) is 0 Å².